The summed E-state index contributed by atoms with van der Waals surface area (Å²) in [6.45, 7) is 20.5. The molecule has 0 N–H and O–H groups in total. The fourth-order valence-corrected chi connectivity index (χ4v) is 11.9. The molecule has 0 amide bonds. The van der Waals surface area contributed by atoms with Crippen LogP contribution in [0.15, 0.2) is 0 Å². The first kappa shape index (κ1) is 23.7. The lowest BCUT2D eigenvalue weighted by Crippen LogP contribution is -2.57. The van der Waals surface area contributed by atoms with Crippen LogP contribution in [-0.2, 0) is 4.43 Å². The lowest BCUT2D eigenvalue weighted by molar-refractivity contribution is -0.207. The third kappa shape index (κ3) is 5.46. The van der Waals surface area contributed by atoms with Gasteiger partial charge in [-0.05, 0) is 61.1 Å². The molecule has 2 saturated heterocycles. The highest BCUT2D eigenvalue weighted by Crippen LogP contribution is 2.45. The van der Waals surface area contributed by atoms with E-state index in [9.17, 15) is 0 Å². The van der Waals surface area contributed by atoms with E-state index < -0.39 is 8.32 Å². The summed E-state index contributed by atoms with van der Waals surface area (Å²) in [4.78, 5) is 0. The molecule has 1 aliphatic carbocycles. The number of hydrazine groups is 2. The Morgan fingerprint density at radius 1 is 0.759 bits per heavy atom. The fraction of sp³-hybridized carbons (Fsp3) is 1.00. The maximum Gasteiger partial charge on any atom is 0.200 e. The Hall–Kier alpha value is 0.0569. The van der Waals surface area contributed by atoms with Crippen molar-refractivity contribution in [2.45, 2.75) is 116 Å². The molecule has 5 heteroatoms. The van der Waals surface area contributed by atoms with Gasteiger partial charge in [0.15, 0.2) is 8.32 Å². The quantitative estimate of drug-likeness (QED) is 0.397. The second-order valence-electron chi connectivity index (χ2n) is 10.9. The van der Waals surface area contributed by atoms with Gasteiger partial charge in [-0.2, -0.15) is 5.12 Å². The van der Waals surface area contributed by atoms with Gasteiger partial charge in [-0.1, -0.05) is 54.4 Å². The predicted molar refractivity (Wildman–Crippen MR) is 126 cm³/mol. The summed E-state index contributed by atoms with van der Waals surface area (Å²) in [5, 5.41) is 8.16. The van der Waals surface area contributed by atoms with Gasteiger partial charge in [0.1, 0.15) is 0 Å². The largest absolute Gasteiger partial charge is 0.416 e. The lowest BCUT2D eigenvalue weighted by Gasteiger charge is -2.46. The van der Waals surface area contributed by atoms with Gasteiger partial charge in [-0.15, -0.1) is 0 Å². The Labute approximate surface area is 182 Å². The van der Waals surface area contributed by atoms with Gasteiger partial charge in [0.2, 0.25) is 0 Å². The first-order chi connectivity index (χ1) is 13.9. The summed E-state index contributed by atoms with van der Waals surface area (Å²) < 4.78 is 6.88. The third-order valence-electron chi connectivity index (χ3n) is 7.97. The van der Waals surface area contributed by atoms with E-state index in [0.29, 0.717) is 16.6 Å². The Morgan fingerprint density at radius 2 is 1.21 bits per heavy atom. The highest BCUT2D eigenvalue weighted by molar-refractivity contribution is 6.77. The van der Waals surface area contributed by atoms with E-state index >= 15 is 0 Å². The second kappa shape index (κ2) is 10.6. The van der Waals surface area contributed by atoms with Crippen LogP contribution >= 0.6 is 0 Å². The Kier molecular flexibility index (Phi) is 8.65. The molecule has 0 aromatic heterocycles. The average Bonchev–Trinajstić information content (AvgIpc) is 3.45. The molecular formula is C24H49N3OSi. The number of nitrogens with zero attached hydrogens (tertiary/aromatic N) is 3. The summed E-state index contributed by atoms with van der Waals surface area (Å²) in [6, 6.07) is 0.739. The summed E-state index contributed by atoms with van der Waals surface area (Å²) in [5.41, 5.74) is 2.07. The first-order valence-electron chi connectivity index (χ1n) is 12.8. The van der Waals surface area contributed by atoms with Crippen LogP contribution in [-0.4, -0.2) is 62.3 Å². The molecule has 0 bridgehead atoms. The van der Waals surface area contributed by atoms with Crippen molar-refractivity contribution in [1.82, 2.24) is 15.1 Å². The van der Waals surface area contributed by atoms with Crippen LogP contribution in [0.5, 0.6) is 0 Å². The van der Waals surface area contributed by atoms with Crippen molar-refractivity contribution in [2.75, 3.05) is 32.8 Å². The second-order valence-corrected chi connectivity index (χ2v) is 16.3. The molecule has 3 fully saturated rings. The molecular weight excluding hydrogens is 374 g/mol. The van der Waals surface area contributed by atoms with Gasteiger partial charge >= 0.3 is 0 Å². The zero-order valence-electron chi connectivity index (χ0n) is 20.3. The van der Waals surface area contributed by atoms with Crippen molar-refractivity contribution in [1.29, 1.82) is 0 Å². The third-order valence-corrected chi connectivity index (χ3v) is 14.1. The standard InChI is InChI=1S/C24H49N3OSi/c1-20(2)29(21(3)4,22(5)6)28-18-13-23-19-24(23)27(25-14-9-7-10-15-25)26-16-11-8-12-17-26/h20-24H,7-19H2,1-6H3/t23?,24-/m0/s1. The van der Waals surface area contributed by atoms with Crippen LogP contribution in [0.3, 0.4) is 0 Å². The van der Waals surface area contributed by atoms with Gasteiger partial charge in [0.05, 0.1) is 0 Å². The zero-order chi connectivity index (χ0) is 21.0. The van der Waals surface area contributed by atoms with Crippen LogP contribution in [0.2, 0.25) is 16.6 Å². The summed E-state index contributed by atoms with van der Waals surface area (Å²) in [5.74, 6) is 0.831. The molecule has 4 nitrogen and oxygen atoms in total. The fourth-order valence-electron chi connectivity index (χ4n) is 6.47. The predicted octanol–water partition coefficient (Wildman–Crippen LogP) is 6.06. The number of hydrogen-bond acceptors (Lipinski definition) is 4. The lowest BCUT2D eigenvalue weighted by atomic mass is 10.1. The maximum absolute atomic E-state index is 6.88. The van der Waals surface area contributed by atoms with E-state index in [0.717, 1.165) is 18.6 Å². The number of piperidine rings is 2. The summed E-state index contributed by atoms with van der Waals surface area (Å²) in [7, 11) is -1.71. The SMILES string of the molecule is CC(C)[Si](OCCC1C[C@@H]1N(N1CCCCC1)N1CCCCC1)(C(C)C)C(C)C. The zero-order valence-corrected chi connectivity index (χ0v) is 21.3. The highest BCUT2D eigenvalue weighted by Gasteiger charge is 2.48. The highest BCUT2D eigenvalue weighted by atomic mass is 28.4. The summed E-state index contributed by atoms with van der Waals surface area (Å²) in [6.07, 6.45) is 10.9. The van der Waals surface area contributed by atoms with Crippen LogP contribution in [0.25, 0.3) is 0 Å². The van der Waals surface area contributed by atoms with E-state index in [4.69, 9.17) is 4.43 Å². The molecule has 2 atom stereocenters. The first-order valence-corrected chi connectivity index (χ1v) is 14.9. The molecule has 0 aromatic rings. The molecule has 1 unspecified atom stereocenters. The van der Waals surface area contributed by atoms with Gasteiger partial charge in [0, 0.05) is 38.8 Å². The Bertz CT molecular complexity index is 447. The molecule has 3 rings (SSSR count). The molecule has 2 aliphatic heterocycles. The minimum atomic E-state index is -1.71. The smallest absolute Gasteiger partial charge is 0.200 e. The van der Waals surface area contributed by atoms with Crippen molar-refractivity contribution in [3.05, 3.63) is 0 Å². The normalized spacial score (nSPS) is 27.5. The van der Waals surface area contributed by atoms with Gasteiger partial charge in [0.25, 0.3) is 0 Å². The van der Waals surface area contributed by atoms with Crippen LogP contribution in [0.1, 0.15) is 92.9 Å². The average molecular weight is 424 g/mol. The number of hydrogen-bond donors (Lipinski definition) is 0. The van der Waals surface area contributed by atoms with Gasteiger partial charge < -0.3 is 4.43 Å². The van der Waals surface area contributed by atoms with Crippen molar-refractivity contribution in [3.63, 3.8) is 0 Å². The van der Waals surface area contributed by atoms with Gasteiger partial charge in [-0.3, -0.25) is 0 Å². The Morgan fingerprint density at radius 3 is 1.62 bits per heavy atom. The van der Waals surface area contributed by atoms with Crippen LogP contribution in [0, 0.1) is 5.92 Å². The van der Waals surface area contributed by atoms with Crippen molar-refractivity contribution < 1.29 is 4.43 Å². The monoisotopic (exact) mass is 423 g/mol. The molecule has 0 aromatic carbocycles. The number of rotatable bonds is 10. The van der Waals surface area contributed by atoms with E-state index in [2.05, 4.69) is 56.7 Å². The van der Waals surface area contributed by atoms with Crippen LogP contribution in [0.4, 0.5) is 0 Å². The van der Waals surface area contributed by atoms with E-state index in [1.54, 1.807) is 0 Å². The molecule has 0 spiro atoms. The molecule has 3 aliphatic rings. The summed E-state index contributed by atoms with van der Waals surface area (Å²) >= 11 is 0. The minimum Gasteiger partial charge on any atom is -0.416 e. The molecule has 29 heavy (non-hydrogen) atoms. The molecule has 1 saturated carbocycles. The van der Waals surface area contributed by atoms with Crippen LogP contribution < -0.4 is 0 Å². The maximum atomic E-state index is 6.88. The van der Waals surface area contributed by atoms with E-state index in [1.165, 1.54) is 77.5 Å². The van der Waals surface area contributed by atoms with E-state index in [1.807, 2.05) is 0 Å². The van der Waals surface area contributed by atoms with Crippen molar-refractivity contribution in [3.8, 4) is 0 Å². The van der Waals surface area contributed by atoms with Crippen molar-refractivity contribution >= 4 is 8.32 Å². The van der Waals surface area contributed by atoms with E-state index in [-0.39, 0.29) is 0 Å². The molecule has 170 valence electrons. The molecule has 2 heterocycles. The van der Waals surface area contributed by atoms with Crippen molar-refractivity contribution in [2.24, 2.45) is 5.92 Å². The minimum absolute atomic E-state index is 0.690. The Balaban J connectivity index is 1.57. The molecule has 0 radical (unpaired) electrons. The van der Waals surface area contributed by atoms with Gasteiger partial charge in [-0.25, -0.2) is 10.0 Å². The topological polar surface area (TPSA) is 19.0 Å².